The van der Waals surface area contributed by atoms with E-state index >= 15 is 0 Å². The van der Waals surface area contributed by atoms with Crippen LogP contribution in [0, 0.1) is 22.9 Å². The molecule has 0 atom stereocenters. The first-order valence-electron chi connectivity index (χ1n) is 6.15. The molecular formula is C13H13FN4O3. The van der Waals surface area contributed by atoms with Crippen LogP contribution in [-0.2, 0) is 6.42 Å². The average Bonchev–Trinajstić information content (AvgIpc) is 2.42. The number of nitrogen functional groups attached to an aromatic ring is 1. The van der Waals surface area contributed by atoms with Crippen LogP contribution in [0.25, 0.3) is 0 Å². The molecular weight excluding hydrogens is 279 g/mol. The van der Waals surface area contributed by atoms with Gasteiger partial charge in [-0.05, 0) is 19.4 Å². The van der Waals surface area contributed by atoms with E-state index in [9.17, 15) is 14.5 Å². The minimum atomic E-state index is -0.841. The van der Waals surface area contributed by atoms with Crippen molar-refractivity contribution in [2.75, 3.05) is 5.73 Å². The Balaban J connectivity index is 2.43. The maximum Gasteiger partial charge on any atom is 0.275 e. The van der Waals surface area contributed by atoms with Gasteiger partial charge in [0, 0.05) is 5.56 Å². The van der Waals surface area contributed by atoms with Crippen molar-refractivity contribution >= 4 is 11.5 Å². The second kappa shape index (κ2) is 5.70. The second-order valence-corrected chi connectivity index (χ2v) is 4.32. The highest BCUT2D eigenvalue weighted by Crippen LogP contribution is 2.32. The Morgan fingerprint density at radius 3 is 2.76 bits per heavy atom. The van der Waals surface area contributed by atoms with Crippen LogP contribution in [0.5, 0.6) is 11.6 Å². The molecule has 1 aromatic heterocycles. The Hall–Kier alpha value is -2.77. The monoisotopic (exact) mass is 292 g/mol. The fraction of sp³-hybridized carbons (Fsp3) is 0.231. The summed E-state index contributed by atoms with van der Waals surface area (Å²) in [5.74, 6) is -0.601. The number of benzene rings is 1. The summed E-state index contributed by atoms with van der Waals surface area (Å²) in [6, 6.07) is 2.08. The lowest BCUT2D eigenvalue weighted by molar-refractivity contribution is -0.385. The second-order valence-electron chi connectivity index (χ2n) is 4.32. The lowest BCUT2D eigenvalue weighted by Gasteiger charge is -2.11. The predicted octanol–water partition coefficient (Wildman–Crippen LogP) is 2.77. The van der Waals surface area contributed by atoms with Crippen LogP contribution in [-0.4, -0.2) is 14.9 Å². The maximum absolute atomic E-state index is 13.9. The Kier molecular flexibility index (Phi) is 3.97. The van der Waals surface area contributed by atoms with Crippen molar-refractivity contribution < 1.29 is 14.1 Å². The van der Waals surface area contributed by atoms with Crippen LogP contribution in [0.2, 0.25) is 0 Å². The number of aryl methyl sites for hydroxylation is 1. The van der Waals surface area contributed by atoms with E-state index in [1.54, 1.807) is 0 Å². The summed E-state index contributed by atoms with van der Waals surface area (Å²) in [7, 11) is 0. The number of aromatic nitrogens is 2. The Morgan fingerprint density at radius 2 is 2.14 bits per heavy atom. The van der Waals surface area contributed by atoms with Gasteiger partial charge in [-0.25, -0.2) is 14.4 Å². The Morgan fingerprint density at radius 1 is 1.43 bits per heavy atom. The lowest BCUT2D eigenvalue weighted by Crippen LogP contribution is -2.03. The summed E-state index contributed by atoms with van der Waals surface area (Å²) in [6.07, 6.45) is 1.72. The molecule has 8 heteroatoms. The van der Waals surface area contributed by atoms with Gasteiger partial charge in [0.25, 0.3) is 5.69 Å². The SMILES string of the molecule is CCc1c(N)ncnc1Oc1cc(C)c([N+](=O)[O-])cc1F. The zero-order valence-corrected chi connectivity index (χ0v) is 11.5. The number of halogens is 1. The first-order valence-corrected chi connectivity index (χ1v) is 6.15. The van der Waals surface area contributed by atoms with Crippen LogP contribution in [0.3, 0.4) is 0 Å². The van der Waals surface area contributed by atoms with Crippen molar-refractivity contribution in [3.63, 3.8) is 0 Å². The van der Waals surface area contributed by atoms with Crippen LogP contribution in [0.1, 0.15) is 18.1 Å². The Bertz CT molecular complexity index is 706. The first-order chi connectivity index (χ1) is 9.93. The van der Waals surface area contributed by atoms with E-state index in [1.165, 1.54) is 19.3 Å². The summed E-state index contributed by atoms with van der Waals surface area (Å²) < 4.78 is 19.3. The normalized spacial score (nSPS) is 10.4. The number of nitrogens with zero attached hydrogens (tertiary/aromatic N) is 3. The van der Waals surface area contributed by atoms with Crippen molar-refractivity contribution in [2.45, 2.75) is 20.3 Å². The molecule has 0 unspecified atom stereocenters. The zero-order valence-electron chi connectivity index (χ0n) is 11.5. The molecule has 0 saturated heterocycles. The van der Waals surface area contributed by atoms with E-state index in [0.29, 0.717) is 12.0 Å². The van der Waals surface area contributed by atoms with Crippen LogP contribution < -0.4 is 10.5 Å². The molecule has 0 amide bonds. The summed E-state index contributed by atoms with van der Waals surface area (Å²) in [5, 5.41) is 10.7. The molecule has 0 radical (unpaired) electrons. The molecule has 7 nitrogen and oxygen atoms in total. The Labute approximate surface area is 119 Å². The average molecular weight is 292 g/mol. The number of rotatable bonds is 4. The van der Waals surface area contributed by atoms with Crippen molar-refractivity contribution in [3.05, 3.63) is 45.5 Å². The maximum atomic E-state index is 13.9. The van der Waals surface area contributed by atoms with Gasteiger partial charge in [0.15, 0.2) is 11.6 Å². The highest BCUT2D eigenvalue weighted by Gasteiger charge is 2.18. The van der Waals surface area contributed by atoms with Gasteiger partial charge in [-0.15, -0.1) is 0 Å². The highest BCUT2D eigenvalue weighted by atomic mass is 19.1. The molecule has 2 aromatic rings. The van der Waals surface area contributed by atoms with E-state index in [4.69, 9.17) is 10.5 Å². The van der Waals surface area contributed by atoms with E-state index < -0.39 is 10.7 Å². The molecule has 0 aliphatic rings. The number of anilines is 1. The van der Waals surface area contributed by atoms with Gasteiger partial charge in [0.1, 0.15) is 12.1 Å². The number of hydrogen-bond donors (Lipinski definition) is 1. The quantitative estimate of drug-likeness (QED) is 0.686. The minimum absolute atomic E-state index is 0.136. The number of ether oxygens (including phenoxy) is 1. The van der Waals surface area contributed by atoms with Gasteiger partial charge in [-0.1, -0.05) is 6.92 Å². The molecule has 0 bridgehead atoms. The van der Waals surface area contributed by atoms with Gasteiger partial charge in [0.05, 0.1) is 16.6 Å². The largest absolute Gasteiger partial charge is 0.435 e. The van der Waals surface area contributed by atoms with Crippen molar-refractivity contribution in [2.24, 2.45) is 0 Å². The fourth-order valence-electron chi connectivity index (χ4n) is 1.85. The number of nitro groups is 1. The van der Waals surface area contributed by atoms with E-state index in [0.717, 1.165) is 6.07 Å². The van der Waals surface area contributed by atoms with E-state index in [-0.39, 0.29) is 28.7 Å². The summed E-state index contributed by atoms with van der Waals surface area (Å²) >= 11 is 0. The summed E-state index contributed by atoms with van der Waals surface area (Å²) in [5.41, 5.74) is 6.23. The van der Waals surface area contributed by atoms with Crippen LogP contribution >= 0.6 is 0 Å². The van der Waals surface area contributed by atoms with Gasteiger partial charge in [-0.2, -0.15) is 0 Å². The predicted molar refractivity (Wildman–Crippen MR) is 73.7 cm³/mol. The third-order valence-corrected chi connectivity index (χ3v) is 2.95. The molecule has 0 aliphatic carbocycles. The topological polar surface area (TPSA) is 104 Å². The molecule has 0 saturated carbocycles. The van der Waals surface area contributed by atoms with Crippen molar-refractivity contribution in [3.8, 4) is 11.6 Å². The van der Waals surface area contributed by atoms with Gasteiger partial charge in [0.2, 0.25) is 5.88 Å². The third kappa shape index (κ3) is 2.88. The molecule has 110 valence electrons. The highest BCUT2D eigenvalue weighted by molar-refractivity contribution is 5.49. The van der Waals surface area contributed by atoms with Gasteiger partial charge < -0.3 is 10.5 Å². The van der Waals surface area contributed by atoms with E-state index in [2.05, 4.69) is 9.97 Å². The van der Waals surface area contributed by atoms with Gasteiger partial charge >= 0.3 is 0 Å². The first kappa shape index (κ1) is 14.6. The molecule has 1 heterocycles. The summed E-state index contributed by atoms with van der Waals surface area (Å²) in [6.45, 7) is 3.33. The number of nitro benzene ring substituents is 1. The smallest absolute Gasteiger partial charge is 0.275 e. The molecule has 0 fully saturated rings. The molecule has 2 N–H and O–H groups in total. The standard InChI is InChI=1S/C13H13FN4O3/c1-3-8-12(15)16-6-17-13(8)21-11-4-7(2)10(18(19)20)5-9(11)14/h4-6H,3H2,1-2H3,(H2,15,16,17). The molecule has 21 heavy (non-hydrogen) atoms. The number of hydrogen-bond acceptors (Lipinski definition) is 6. The lowest BCUT2D eigenvalue weighted by atomic mass is 10.2. The number of nitrogens with two attached hydrogens (primary N) is 1. The van der Waals surface area contributed by atoms with Crippen LogP contribution in [0.15, 0.2) is 18.5 Å². The zero-order chi connectivity index (χ0) is 15.6. The van der Waals surface area contributed by atoms with Crippen molar-refractivity contribution in [1.29, 1.82) is 0 Å². The van der Waals surface area contributed by atoms with Crippen molar-refractivity contribution in [1.82, 2.24) is 9.97 Å². The van der Waals surface area contributed by atoms with Gasteiger partial charge in [-0.3, -0.25) is 10.1 Å². The minimum Gasteiger partial charge on any atom is -0.435 e. The third-order valence-electron chi connectivity index (χ3n) is 2.95. The molecule has 0 spiro atoms. The van der Waals surface area contributed by atoms with Crippen LogP contribution in [0.4, 0.5) is 15.9 Å². The molecule has 0 aliphatic heterocycles. The fourth-order valence-corrected chi connectivity index (χ4v) is 1.85. The van der Waals surface area contributed by atoms with E-state index in [1.807, 2.05) is 6.92 Å². The summed E-state index contributed by atoms with van der Waals surface area (Å²) in [4.78, 5) is 17.9. The molecule has 1 aromatic carbocycles. The molecule has 2 rings (SSSR count).